The molecule has 0 amide bonds. The van der Waals surface area contributed by atoms with Crippen molar-refractivity contribution < 1.29 is 23.7 Å². The fourth-order valence-corrected chi connectivity index (χ4v) is 3.27. The van der Waals surface area contributed by atoms with E-state index in [4.69, 9.17) is 4.74 Å². The Hall–Kier alpha value is -2.77. The molecule has 3 aromatic rings. The lowest BCUT2D eigenvalue weighted by molar-refractivity contribution is 0.0609. The van der Waals surface area contributed by atoms with E-state index in [2.05, 4.69) is 4.98 Å². The molecule has 2 aromatic carbocycles. The van der Waals surface area contributed by atoms with Crippen LogP contribution in [-0.4, -0.2) is 40.1 Å². The molecule has 0 unspecified atom stereocenters. The van der Waals surface area contributed by atoms with E-state index in [-0.39, 0.29) is 17.0 Å². The van der Waals surface area contributed by atoms with E-state index in [0.717, 1.165) is 6.07 Å². The molecule has 0 saturated carbocycles. The van der Waals surface area contributed by atoms with Crippen LogP contribution in [-0.2, 0) is 5.54 Å². The minimum Gasteiger partial charge on any atom is -0.496 e. The van der Waals surface area contributed by atoms with E-state index in [1.54, 1.807) is 19.1 Å². The first-order chi connectivity index (χ1) is 13.5. The molecule has 0 saturated heterocycles. The fraction of sp³-hybridized carbons (Fsp3) is 0.286. The summed E-state index contributed by atoms with van der Waals surface area (Å²) in [6.45, 7) is 0.977. The lowest BCUT2D eigenvalue weighted by Crippen LogP contribution is -2.40. The minimum atomic E-state index is -1.14. The highest BCUT2D eigenvalue weighted by atomic mass is 19.2. The smallest absolute Gasteiger partial charge is 0.171 e. The second-order valence-corrected chi connectivity index (χ2v) is 6.51. The van der Waals surface area contributed by atoms with Gasteiger partial charge in [0.2, 0.25) is 0 Å². The predicted molar refractivity (Wildman–Crippen MR) is 102 cm³/mol. The van der Waals surface area contributed by atoms with Crippen molar-refractivity contribution in [2.45, 2.75) is 18.9 Å². The highest BCUT2D eigenvalue weighted by Crippen LogP contribution is 2.42. The zero-order chi connectivity index (χ0) is 20.3. The summed E-state index contributed by atoms with van der Waals surface area (Å²) in [5.41, 5.74) is 0.0496. The van der Waals surface area contributed by atoms with E-state index in [0.29, 0.717) is 17.7 Å². The number of benzene rings is 2. The number of methoxy groups -OCH3 is 1. The molecular weight excluding hydrogens is 366 g/mol. The number of hydrogen-bond donors (Lipinski definition) is 2. The van der Waals surface area contributed by atoms with Crippen LogP contribution in [0.15, 0.2) is 48.8 Å². The van der Waals surface area contributed by atoms with Gasteiger partial charge in [0.05, 0.1) is 49.1 Å². The summed E-state index contributed by atoms with van der Waals surface area (Å²) in [4.78, 5) is 4.41. The van der Waals surface area contributed by atoms with Crippen molar-refractivity contribution in [3.63, 3.8) is 0 Å². The van der Waals surface area contributed by atoms with Gasteiger partial charge in [-0.1, -0.05) is 37.3 Å². The van der Waals surface area contributed by atoms with Gasteiger partial charge in [0.25, 0.3) is 0 Å². The van der Waals surface area contributed by atoms with Crippen LogP contribution in [0.5, 0.6) is 5.75 Å². The highest BCUT2D eigenvalue weighted by molar-refractivity contribution is 5.82. The zero-order valence-electron chi connectivity index (χ0n) is 15.7. The van der Waals surface area contributed by atoms with Gasteiger partial charge in [-0.05, 0) is 18.6 Å². The van der Waals surface area contributed by atoms with E-state index >= 15 is 0 Å². The number of nitrogens with zero attached hydrogens (tertiary/aromatic N) is 2. The number of hydrogen-bond acceptors (Lipinski definition) is 4. The Morgan fingerprint density at radius 2 is 1.75 bits per heavy atom. The number of ether oxygens (including phenoxy) is 1. The number of imidazole rings is 1. The summed E-state index contributed by atoms with van der Waals surface area (Å²) in [6, 6.07) is 11.4. The Morgan fingerprint density at radius 1 is 1.07 bits per heavy atom. The third-order valence-corrected chi connectivity index (χ3v) is 5.09. The van der Waals surface area contributed by atoms with Crippen molar-refractivity contribution in [1.82, 2.24) is 9.55 Å². The summed E-state index contributed by atoms with van der Waals surface area (Å²) in [7, 11) is 1.37. The predicted octanol–water partition coefficient (Wildman–Crippen LogP) is 3.59. The SMILES string of the molecule is CCC(CO)(CO)n1cnc(-c2ccccc2)c1-c1c(OC)ccc(F)c1F. The van der Waals surface area contributed by atoms with Crippen LogP contribution in [0.2, 0.25) is 0 Å². The van der Waals surface area contributed by atoms with Crippen LogP contribution in [0.3, 0.4) is 0 Å². The van der Waals surface area contributed by atoms with Crippen LogP contribution in [0, 0.1) is 11.6 Å². The summed E-state index contributed by atoms with van der Waals surface area (Å²) >= 11 is 0. The van der Waals surface area contributed by atoms with Gasteiger partial charge in [-0.2, -0.15) is 0 Å². The van der Waals surface area contributed by atoms with E-state index < -0.39 is 30.4 Å². The first kappa shape index (κ1) is 20.0. The molecule has 0 aliphatic rings. The molecule has 0 aliphatic heterocycles. The molecule has 0 radical (unpaired) electrons. The third kappa shape index (κ3) is 3.16. The second kappa shape index (κ2) is 8.08. The zero-order valence-corrected chi connectivity index (χ0v) is 15.7. The number of aliphatic hydroxyl groups excluding tert-OH is 2. The van der Waals surface area contributed by atoms with Crippen molar-refractivity contribution in [1.29, 1.82) is 0 Å². The molecule has 1 aromatic heterocycles. The van der Waals surface area contributed by atoms with Crippen LogP contribution < -0.4 is 4.74 Å². The first-order valence-corrected chi connectivity index (χ1v) is 8.90. The molecule has 3 rings (SSSR count). The van der Waals surface area contributed by atoms with Crippen molar-refractivity contribution in [3.8, 4) is 28.3 Å². The average Bonchev–Trinajstić information content (AvgIpc) is 3.17. The molecule has 0 aliphatic carbocycles. The summed E-state index contributed by atoms with van der Waals surface area (Å²) in [5.74, 6) is -1.99. The Morgan fingerprint density at radius 3 is 2.32 bits per heavy atom. The van der Waals surface area contributed by atoms with E-state index in [9.17, 15) is 19.0 Å². The van der Waals surface area contributed by atoms with Gasteiger partial charge in [-0.25, -0.2) is 13.8 Å². The van der Waals surface area contributed by atoms with Gasteiger partial charge in [-0.15, -0.1) is 0 Å². The minimum absolute atomic E-state index is 0.112. The largest absolute Gasteiger partial charge is 0.496 e. The Bertz CT molecular complexity index is 946. The Kier molecular flexibility index (Phi) is 5.76. The first-order valence-electron chi connectivity index (χ1n) is 8.90. The number of aromatic nitrogens is 2. The van der Waals surface area contributed by atoms with Crippen LogP contribution in [0.25, 0.3) is 22.5 Å². The van der Waals surface area contributed by atoms with Gasteiger partial charge >= 0.3 is 0 Å². The summed E-state index contributed by atoms with van der Waals surface area (Å²) in [6.07, 6.45) is 1.77. The maximum Gasteiger partial charge on any atom is 0.171 e. The molecular formula is C21H22F2N2O3. The number of halogens is 2. The maximum atomic E-state index is 15.0. The average molecular weight is 388 g/mol. The standard InChI is InChI=1S/C21H22F2N2O3/c1-3-21(11-26,12-27)25-13-24-19(14-7-5-4-6-8-14)20(25)17-16(28-2)10-9-15(22)18(17)23/h4-10,13,26-27H,3,11-12H2,1-2H3. The Labute approximate surface area is 161 Å². The maximum absolute atomic E-state index is 15.0. The van der Waals surface area contributed by atoms with Crippen molar-refractivity contribution >= 4 is 0 Å². The van der Waals surface area contributed by atoms with Crippen LogP contribution in [0.4, 0.5) is 8.78 Å². The summed E-state index contributed by atoms with van der Waals surface area (Å²) < 4.78 is 35.9. The number of rotatable bonds is 7. The molecule has 2 N–H and O–H groups in total. The van der Waals surface area contributed by atoms with Gasteiger partial charge in [0, 0.05) is 5.56 Å². The summed E-state index contributed by atoms with van der Waals surface area (Å²) in [5, 5.41) is 20.0. The van der Waals surface area contributed by atoms with E-state index in [1.807, 2.05) is 18.2 Å². The fourth-order valence-electron chi connectivity index (χ4n) is 3.27. The van der Waals surface area contributed by atoms with Gasteiger partial charge in [0.1, 0.15) is 5.75 Å². The van der Waals surface area contributed by atoms with Crippen LogP contribution in [0.1, 0.15) is 13.3 Å². The quantitative estimate of drug-likeness (QED) is 0.649. The van der Waals surface area contributed by atoms with E-state index in [1.165, 1.54) is 24.1 Å². The molecule has 0 bridgehead atoms. The molecule has 0 atom stereocenters. The second-order valence-electron chi connectivity index (χ2n) is 6.51. The lowest BCUT2D eigenvalue weighted by Gasteiger charge is -2.32. The topological polar surface area (TPSA) is 67.5 Å². The molecule has 5 nitrogen and oxygen atoms in total. The molecule has 1 heterocycles. The van der Waals surface area contributed by atoms with Gasteiger partial charge < -0.3 is 19.5 Å². The molecule has 0 spiro atoms. The molecule has 7 heteroatoms. The van der Waals surface area contributed by atoms with Crippen molar-refractivity contribution in [2.24, 2.45) is 0 Å². The van der Waals surface area contributed by atoms with Crippen LogP contribution >= 0.6 is 0 Å². The van der Waals surface area contributed by atoms with Crippen molar-refractivity contribution in [2.75, 3.05) is 20.3 Å². The highest BCUT2D eigenvalue weighted by Gasteiger charge is 2.35. The number of aliphatic hydroxyl groups is 2. The molecule has 0 fully saturated rings. The lowest BCUT2D eigenvalue weighted by atomic mass is 9.95. The van der Waals surface area contributed by atoms with Gasteiger partial charge in [0.15, 0.2) is 11.6 Å². The third-order valence-electron chi connectivity index (χ3n) is 5.09. The Balaban J connectivity index is 2.42. The van der Waals surface area contributed by atoms with Crippen molar-refractivity contribution in [3.05, 3.63) is 60.4 Å². The normalized spacial score (nSPS) is 11.6. The monoisotopic (exact) mass is 388 g/mol. The molecule has 28 heavy (non-hydrogen) atoms. The molecule has 148 valence electrons. The van der Waals surface area contributed by atoms with Gasteiger partial charge in [-0.3, -0.25) is 0 Å².